The Hall–Kier alpha value is -2.58. The fourth-order valence-corrected chi connectivity index (χ4v) is 4.41. The van der Waals surface area contributed by atoms with Crippen LogP contribution in [0.2, 0.25) is 0 Å². The van der Waals surface area contributed by atoms with Gasteiger partial charge in [-0.25, -0.2) is 15.0 Å². The predicted octanol–water partition coefficient (Wildman–Crippen LogP) is 3.64. The van der Waals surface area contributed by atoms with Gasteiger partial charge in [-0.05, 0) is 65.0 Å². The molecule has 8 heteroatoms. The van der Waals surface area contributed by atoms with Crippen molar-refractivity contribution < 1.29 is 14.3 Å². The summed E-state index contributed by atoms with van der Waals surface area (Å²) >= 11 is 0. The molecule has 34 heavy (non-hydrogen) atoms. The zero-order chi connectivity index (χ0) is 24.1. The predicted molar refractivity (Wildman–Crippen MR) is 131 cm³/mol. The molecule has 4 rings (SSSR count). The Morgan fingerprint density at radius 1 is 1.24 bits per heavy atom. The Morgan fingerprint density at radius 3 is 2.74 bits per heavy atom. The van der Waals surface area contributed by atoms with E-state index < -0.39 is 5.60 Å². The van der Waals surface area contributed by atoms with Gasteiger partial charge in [0.15, 0.2) is 0 Å². The van der Waals surface area contributed by atoms with Gasteiger partial charge in [-0.2, -0.15) is 0 Å². The number of carbonyl (C=O) groups is 1. The number of nitrogens with zero attached hydrogens (tertiary/aromatic N) is 4. The Labute approximate surface area is 202 Å². The van der Waals surface area contributed by atoms with Crippen molar-refractivity contribution in [2.24, 2.45) is 0 Å². The van der Waals surface area contributed by atoms with Gasteiger partial charge in [-0.1, -0.05) is 6.07 Å². The highest BCUT2D eigenvalue weighted by Gasteiger charge is 2.36. The lowest BCUT2D eigenvalue weighted by atomic mass is 9.99. The first kappa shape index (κ1) is 24.5. The van der Waals surface area contributed by atoms with E-state index in [9.17, 15) is 4.79 Å². The van der Waals surface area contributed by atoms with Crippen LogP contribution in [-0.4, -0.2) is 63.8 Å². The minimum Gasteiger partial charge on any atom is -0.460 e. The number of likely N-dealkylation sites (tertiary alicyclic amines) is 1. The third kappa shape index (κ3) is 6.73. The fraction of sp³-hybridized carbons (Fsp3) is 0.615. The molecule has 0 spiro atoms. The summed E-state index contributed by atoms with van der Waals surface area (Å²) < 4.78 is 11.7. The number of ether oxygens (including phenoxy) is 2. The van der Waals surface area contributed by atoms with Gasteiger partial charge in [0, 0.05) is 55.9 Å². The monoisotopic (exact) mass is 467 g/mol. The summed E-state index contributed by atoms with van der Waals surface area (Å²) in [5, 5.41) is 3.40. The molecule has 1 unspecified atom stereocenters. The second-order valence-electron chi connectivity index (χ2n) is 10.3. The van der Waals surface area contributed by atoms with Crippen LogP contribution in [0.1, 0.15) is 68.7 Å². The van der Waals surface area contributed by atoms with Crippen molar-refractivity contribution in [3.63, 3.8) is 0 Å². The van der Waals surface area contributed by atoms with E-state index in [0.717, 1.165) is 56.0 Å². The number of pyridine rings is 1. The van der Waals surface area contributed by atoms with Crippen LogP contribution in [0.3, 0.4) is 0 Å². The van der Waals surface area contributed by atoms with E-state index in [0.29, 0.717) is 12.4 Å². The van der Waals surface area contributed by atoms with Crippen LogP contribution < -0.4 is 5.32 Å². The molecule has 8 nitrogen and oxygen atoms in total. The molecule has 0 bridgehead atoms. The summed E-state index contributed by atoms with van der Waals surface area (Å²) in [6.07, 6.45) is 8.21. The molecule has 4 heterocycles. The first-order valence-electron chi connectivity index (χ1n) is 12.4. The molecule has 1 atom stereocenters. The molecule has 2 aromatic rings. The van der Waals surface area contributed by atoms with E-state index in [1.54, 1.807) is 0 Å². The second-order valence-corrected chi connectivity index (χ2v) is 10.3. The molecule has 1 N–H and O–H groups in total. The highest BCUT2D eigenvalue weighted by atomic mass is 16.6. The zero-order valence-corrected chi connectivity index (χ0v) is 20.8. The second kappa shape index (κ2) is 10.8. The summed E-state index contributed by atoms with van der Waals surface area (Å²) in [6, 6.07) is 4.23. The van der Waals surface area contributed by atoms with Crippen molar-refractivity contribution in [2.45, 2.75) is 77.5 Å². The molecular formula is C26H37N5O3. The topological polar surface area (TPSA) is 89.5 Å². The lowest BCUT2D eigenvalue weighted by molar-refractivity contribution is -0.158. The number of rotatable bonds is 9. The number of hydrogen-bond acceptors (Lipinski definition) is 8. The Bertz CT molecular complexity index is 967. The highest BCUT2D eigenvalue weighted by Crippen LogP contribution is 2.30. The molecule has 2 aliphatic rings. The van der Waals surface area contributed by atoms with Crippen LogP contribution in [0.5, 0.6) is 0 Å². The number of esters is 1. The average Bonchev–Trinajstić information content (AvgIpc) is 2.76. The average molecular weight is 468 g/mol. The van der Waals surface area contributed by atoms with E-state index in [1.807, 2.05) is 40.1 Å². The molecule has 0 amide bonds. The van der Waals surface area contributed by atoms with E-state index in [1.165, 1.54) is 12.0 Å². The van der Waals surface area contributed by atoms with Crippen molar-refractivity contribution in [1.29, 1.82) is 0 Å². The molecule has 0 radical (unpaired) electrons. The summed E-state index contributed by atoms with van der Waals surface area (Å²) in [6.45, 7) is 10.8. The molecule has 184 valence electrons. The smallest absolute Gasteiger partial charge is 0.308 e. The van der Waals surface area contributed by atoms with Crippen LogP contribution in [-0.2, 0) is 27.1 Å². The van der Waals surface area contributed by atoms with Crippen LogP contribution in [0.25, 0.3) is 0 Å². The third-order valence-corrected chi connectivity index (χ3v) is 6.17. The first-order chi connectivity index (χ1) is 16.3. The van der Waals surface area contributed by atoms with Crippen molar-refractivity contribution in [3.8, 4) is 0 Å². The van der Waals surface area contributed by atoms with Crippen LogP contribution in [0, 0.1) is 6.92 Å². The number of aryl methyl sites for hydroxylation is 3. The Balaban J connectivity index is 1.24. The van der Waals surface area contributed by atoms with Gasteiger partial charge in [0.25, 0.3) is 0 Å². The number of fused-ring (bicyclic) bond motifs is 1. The SMILES string of the molecule is Cc1ncc(C(CC(=O)OC(C)(C)C)N2CC(OCCCc3ccc4c(n3)NCCC4)C2)cn1. The molecule has 0 saturated carbocycles. The van der Waals surface area contributed by atoms with Crippen molar-refractivity contribution in [2.75, 3.05) is 31.6 Å². The maximum Gasteiger partial charge on any atom is 0.308 e. The number of carbonyl (C=O) groups excluding carboxylic acids is 1. The van der Waals surface area contributed by atoms with Crippen molar-refractivity contribution in [1.82, 2.24) is 19.9 Å². The van der Waals surface area contributed by atoms with Crippen LogP contribution >= 0.6 is 0 Å². The third-order valence-electron chi connectivity index (χ3n) is 6.17. The fourth-order valence-electron chi connectivity index (χ4n) is 4.41. The minimum absolute atomic E-state index is 0.109. The molecule has 0 aliphatic carbocycles. The quantitative estimate of drug-likeness (QED) is 0.442. The van der Waals surface area contributed by atoms with E-state index in [2.05, 4.69) is 32.3 Å². The highest BCUT2D eigenvalue weighted by molar-refractivity contribution is 5.71. The maximum atomic E-state index is 12.5. The van der Waals surface area contributed by atoms with E-state index >= 15 is 0 Å². The van der Waals surface area contributed by atoms with E-state index in [-0.39, 0.29) is 24.5 Å². The van der Waals surface area contributed by atoms with Gasteiger partial charge in [-0.3, -0.25) is 9.69 Å². The van der Waals surface area contributed by atoms with Gasteiger partial charge >= 0.3 is 5.97 Å². The lowest BCUT2D eigenvalue weighted by Gasteiger charge is -2.44. The number of anilines is 1. The molecule has 0 aromatic carbocycles. The van der Waals surface area contributed by atoms with Gasteiger partial charge in [0.05, 0.1) is 12.5 Å². The summed E-state index contributed by atoms with van der Waals surface area (Å²) in [5.74, 6) is 1.55. The zero-order valence-electron chi connectivity index (χ0n) is 20.8. The van der Waals surface area contributed by atoms with Gasteiger partial charge in [-0.15, -0.1) is 0 Å². The number of nitrogens with one attached hydrogen (secondary N) is 1. The molecule has 2 aromatic heterocycles. The van der Waals surface area contributed by atoms with Crippen LogP contribution in [0.15, 0.2) is 24.5 Å². The van der Waals surface area contributed by atoms with E-state index in [4.69, 9.17) is 14.5 Å². The standard InChI is InChI=1S/C26H37N5O3/c1-18-28-14-20(15-29-18)23(13-24(32)34-26(2,3)4)31-16-22(17-31)33-12-6-8-21-10-9-19-7-5-11-27-25(19)30-21/h9-10,14-15,22-23H,5-8,11-13,16-17H2,1-4H3,(H,27,30). The molecular weight excluding hydrogens is 430 g/mol. The largest absolute Gasteiger partial charge is 0.460 e. The molecule has 1 fully saturated rings. The van der Waals surface area contributed by atoms with Gasteiger partial charge < -0.3 is 14.8 Å². The van der Waals surface area contributed by atoms with Crippen molar-refractivity contribution >= 4 is 11.8 Å². The first-order valence-corrected chi connectivity index (χ1v) is 12.4. The minimum atomic E-state index is -0.505. The van der Waals surface area contributed by atoms with Gasteiger partial charge in [0.2, 0.25) is 0 Å². The van der Waals surface area contributed by atoms with Crippen molar-refractivity contribution in [3.05, 3.63) is 47.2 Å². The lowest BCUT2D eigenvalue weighted by Crippen LogP contribution is -2.54. The normalized spacial score (nSPS) is 17.4. The summed E-state index contributed by atoms with van der Waals surface area (Å²) in [7, 11) is 0. The molecule has 2 aliphatic heterocycles. The summed E-state index contributed by atoms with van der Waals surface area (Å²) in [5.41, 5.74) is 2.86. The number of hydrogen-bond donors (Lipinski definition) is 1. The Kier molecular flexibility index (Phi) is 7.78. The number of aromatic nitrogens is 3. The molecule has 1 saturated heterocycles. The van der Waals surface area contributed by atoms with Crippen LogP contribution in [0.4, 0.5) is 5.82 Å². The maximum absolute atomic E-state index is 12.5. The Morgan fingerprint density at radius 2 is 2.00 bits per heavy atom. The van der Waals surface area contributed by atoms with Gasteiger partial charge in [0.1, 0.15) is 17.2 Å². The summed E-state index contributed by atoms with van der Waals surface area (Å²) in [4.78, 5) is 28.2.